The van der Waals surface area contributed by atoms with E-state index in [1.54, 1.807) is 7.11 Å². The molecule has 0 aliphatic carbocycles. The Labute approximate surface area is 121 Å². The summed E-state index contributed by atoms with van der Waals surface area (Å²) in [5.41, 5.74) is 1.08. The average Bonchev–Trinajstić information content (AvgIpc) is 2.38. The number of fused-ring (bicyclic) bond motifs is 1. The van der Waals surface area contributed by atoms with E-state index < -0.39 is 6.10 Å². The molecule has 2 rings (SSSR count). The van der Waals surface area contributed by atoms with Crippen LogP contribution in [0.2, 0.25) is 0 Å². The topological polar surface area (TPSA) is 29.5 Å². The van der Waals surface area contributed by atoms with Crippen LogP contribution in [0.1, 0.15) is 26.3 Å². The van der Waals surface area contributed by atoms with Gasteiger partial charge in [0.15, 0.2) is 0 Å². The van der Waals surface area contributed by atoms with Crippen molar-refractivity contribution in [2.75, 3.05) is 7.11 Å². The van der Waals surface area contributed by atoms with Crippen molar-refractivity contribution in [1.29, 1.82) is 0 Å². The van der Waals surface area contributed by atoms with Gasteiger partial charge in [0.25, 0.3) is 0 Å². The van der Waals surface area contributed by atoms with Crippen molar-refractivity contribution < 1.29 is 9.84 Å². The van der Waals surface area contributed by atoms with Crippen molar-refractivity contribution >= 4 is 10.8 Å². The van der Waals surface area contributed by atoms with E-state index in [0.29, 0.717) is 6.42 Å². The first-order valence-electron chi connectivity index (χ1n) is 7.11. The summed E-state index contributed by atoms with van der Waals surface area (Å²) in [7, 11) is 1.67. The second-order valence-electron chi connectivity index (χ2n) is 6.43. The quantitative estimate of drug-likeness (QED) is 0.917. The van der Waals surface area contributed by atoms with Crippen LogP contribution in [0.15, 0.2) is 42.5 Å². The first-order valence-corrected chi connectivity index (χ1v) is 7.11. The van der Waals surface area contributed by atoms with Gasteiger partial charge in [0.05, 0.1) is 12.2 Å². The van der Waals surface area contributed by atoms with Gasteiger partial charge in [0.1, 0.15) is 0 Å². The molecule has 0 amide bonds. The highest BCUT2D eigenvalue weighted by molar-refractivity contribution is 5.85. The molecule has 0 fully saturated rings. The molecule has 2 aromatic carbocycles. The van der Waals surface area contributed by atoms with E-state index in [4.69, 9.17) is 4.74 Å². The van der Waals surface area contributed by atoms with Gasteiger partial charge in [-0.05, 0) is 21.8 Å². The number of hydrogen-bond acceptors (Lipinski definition) is 2. The van der Waals surface area contributed by atoms with Crippen LogP contribution < -0.4 is 0 Å². The van der Waals surface area contributed by atoms with E-state index in [0.717, 1.165) is 0 Å². The second-order valence-corrected chi connectivity index (χ2v) is 6.43. The zero-order chi connectivity index (χ0) is 14.8. The van der Waals surface area contributed by atoms with E-state index in [1.165, 1.54) is 16.3 Å². The number of aliphatic hydroxyl groups is 1. The van der Waals surface area contributed by atoms with Crippen LogP contribution in [-0.2, 0) is 11.2 Å². The van der Waals surface area contributed by atoms with Crippen LogP contribution in [0.25, 0.3) is 10.8 Å². The Balaban J connectivity index is 2.28. The first kappa shape index (κ1) is 15.0. The fourth-order valence-electron chi connectivity index (χ4n) is 2.89. The maximum atomic E-state index is 10.5. The third-order valence-corrected chi connectivity index (χ3v) is 3.77. The Hall–Kier alpha value is -1.38. The number of ether oxygens (including phenoxy) is 1. The highest BCUT2D eigenvalue weighted by Gasteiger charge is 2.31. The molecule has 2 atom stereocenters. The lowest BCUT2D eigenvalue weighted by molar-refractivity contribution is -0.0697. The fraction of sp³-hybridized carbons (Fsp3) is 0.444. The van der Waals surface area contributed by atoms with E-state index in [9.17, 15) is 5.11 Å². The van der Waals surface area contributed by atoms with E-state index in [-0.39, 0.29) is 11.5 Å². The molecule has 0 aliphatic rings. The Bertz CT molecular complexity index is 564. The molecule has 2 heteroatoms. The predicted molar refractivity (Wildman–Crippen MR) is 83.9 cm³/mol. The summed E-state index contributed by atoms with van der Waals surface area (Å²) < 4.78 is 5.51. The van der Waals surface area contributed by atoms with Crippen molar-refractivity contribution in [2.45, 2.75) is 39.4 Å². The zero-order valence-corrected chi connectivity index (χ0v) is 12.8. The number of rotatable bonds is 4. The molecule has 0 spiro atoms. The molecule has 108 valence electrons. The third kappa shape index (κ3) is 3.20. The maximum absolute atomic E-state index is 10.5. The number of aliphatic hydroxyl groups excluding tert-OH is 1. The zero-order valence-electron chi connectivity index (χ0n) is 12.8. The highest BCUT2D eigenvalue weighted by atomic mass is 16.5. The fourth-order valence-corrected chi connectivity index (χ4v) is 2.89. The van der Waals surface area contributed by atoms with Crippen molar-refractivity contribution in [3.05, 3.63) is 48.0 Å². The van der Waals surface area contributed by atoms with Gasteiger partial charge in [0.2, 0.25) is 0 Å². The molecule has 1 N–H and O–H groups in total. The molecule has 0 aromatic heterocycles. The van der Waals surface area contributed by atoms with Gasteiger partial charge in [-0.15, -0.1) is 0 Å². The van der Waals surface area contributed by atoms with Crippen LogP contribution in [0.3, 0.4) is 0 Å². The van der Waals surface area contributed by atoms with Crippen molar-refractivity contribution in [3.8, 4) is 0 Å². The molecule has 0 aliphatic heterocycles. The summed E-state index contributed by atoms with van der Waals surface area (Å²) in [4.78, 5) is 0. The number of methoxy groups -OCH3 is 1. The third-order valence-electron chi connectivity index (χ3n) is 3.77. The SMILES string of the molecule is COC(C(O)Cc1cccc2ccccc12)C(C)(C)C. The summed E-state index contributed by atoms with van der Waals surface area (Å²) in [5.74, 6) is 0. The molecule has 0 saturated heterocycles. The van der Waals surface area contributed by atoms with Gasteiger partial charge in [-0.3, -0.25) is 0 Å². The van der Waals surface area contributed by atoms with Crippen LogP contribution in [-0.4, -0.2) is 24.4 Å². The number of benzene rings is 2. The highest BCUT2D eigenvalue weighted by Crippen LogP contribution is 2.28. The van der Waals surface area contributed by atoms with Gasteiger partial charge in [-0.25, -0.2) is 0 Å². The van der Waals surface area contributed by atoms with E-state index in [2.05, 4.69) is 45.0 Å². The minimum atomic E-state index is -0.509. The summed E-state index contributed by atoms with van der Waals surface area (Å²) in [6.45, 7) is 6.27. The van der Waals surface area contributed by atoms with Crippen molar-refractivity contribution in [1.82, 2.24) is 0 Å². The average molecular weight is 272 g/mol. The van der Waals surface area contributed by atoms with E-state index in [1.807, 2.05) is 18.2 Å². The van der Waals surface area contributed by atoms with Crippen LogP contribution >= 0.6 is 0 Å². The molecular weight excluding hydrogens is 248 g/mol. The van der Waals surface area contributed by atoms with Crippen LogP contribution in [0, 0.1) is 5.41 Å². The standard InChI is InChI=1S/C18H24O2/c1-18(2,3)17(20-4)16(19)12-14-10-7-9-13-8-5-6-11-15(13)14/h5-11,16-17,19H,12H2,1-4H3. The monoisotopic (exact) mass is 272 g/mol. The molecule has 2 aromatic rings. The predicted octanol–water partition coefficient (Wildman–Crippen LogP) is 3.80. The minimum absolute atomic E-state index is 0.0846. The van der Waals surface area contributed by atoms with Gasteiger partial charge in [-0.1, -0.05) is 63.2 Å². The molecule has 2 nitrogen and oxygen atoms in total. The summed E-state index contributed by atoms with van der Waals surface area (Å²) in [5, 5.41) is 12.9. The van der Waals surface area contributed by atoms with Gasteiger partial charge in [-0.2, -0.15) is 0 Å². The lowest BCUT2D eigenvalue weighted by Crippen LogP contribution is -2.40. The summed E-state index contributed by atoms with van der Waals surface area (Å²) in [6.07, 6.45) is -0.0794. The van der Waals surface area contributed by atoms with Crippen LogP contribution in [0.4, 0.5) is 0 Å². The number of hydrogen-bond donors (Lipinski definition) is 1. The van der Waals surface area contributed by atoms with Crippen LogP contribution in [0.5, 0.6) is 0 Å². The molecule has 0 bridgehead atoms. The Morgan fingerprint density at radius 2 is 1.70 bits per heavy atom. The lowest BCUT2D eigenvalue weighted by Gasteiger charge is -2.33. The largest absolute Gasteiger partial charge is 0.390 e. The van der Waals surface area contributed by atoms with Gasteiger partial charge < -0.3 is 9.84 Å². The normalized spacial score (nSPS) is 15.2. The van der Waals surface area contributed by atoms with Crippen molar-refractivity contribution in [3.63, 3.8) is 0 Å². The lowest BCUT2D eigenvalue weighted by atomic mass is 9.83. The molecule has 0 saturated carbocycles. The van der Waals surface area contributed by atoms with E-state index >= 15 is 0 Å². The summed E-state index contributed by atoms with van der Waals surface area (Å²) >= 11 is 0. The Morgan fingerprint density at radius 3 is 2.35 bits per heavy atom. The van der Waals surface area contributed by atoms with Gasteiger partial charge in [0, 0.05) is 13.5 Å². The van der Waals surface area contributed by atoms with Gasteiger partial charge >= 0.3 is 0 Å². The second kappa shape index (κ2) is 5.94. The summed E-state index contributed by atoms with van der Waals surface area (Å²) in [6, 6.07) is 14.5. The Kier molecular flexibility index (Phi) is 4.46. The molecule has 0 radical (unpaired) electrons. The molecule has 20 heavy (non-hydrogen) atoms. The smallest absolute Gasteiger partial charge is 0.0881 e. The maximum Gasteiger partial charge on any atom is 0.0881 e. The first-order chi connectivity index (χ1) is 9.43. The minimum Gasteiger partial charge on any atom is -0.390 e. The molecule has 0 heterocycles. The molecular formula is C18H24O2. The molecule has 2 unspecified atom stereocenters. The van der Waals surface area contributed by atoms with Crippen molar-refractivity contribution in [2.24, 2.45) is 5.41 Å². The Morgan fingerprint density at radius 1 is 1.05 bits per heavy atom.